The largest absolute Gasteiger partial charge is 0.492 e. The van der Waals surface area contributed by atoms with Gasteiger partial charge in [0.25, 0.3) is 5.91 Å². The van der Waals surface area contributed by atoms with Gasteiger partial charge in [0.2, 0.25) is 0 Å². The van der Waals surface area contributed by atoms with Gasteiger partial charge in [0.05, 0.1) is 6.54 Å². The van der Waals surface area contributed by atoms with E-state index in [1.165, 1.54) is 0 Å². The Labute approximate surface area is 135 Å². The van der Waals surface area contributed by atoms with Crippen LogP contribution in [0.2, 0.25) is 5.02 Å². The van der Waals surface area contributed by atoms with E-state index in [2.05, 4.69) is 5.32 Å². The molecule has 0 saturated carbocycles. The van der Waals surface area contributed by atoms with Crippen molar-refractivity contribution in [2.75, 3.05) is 13.2 Å². The molecule has 0 bridgehead atoms. The van der Waals surface area contributed by atoms with E-state index in [1.807, 2.05) is 30.3 Å². The van der Waals surface area contributed by atoms with Crippen molar-refractivity contribution in [3.05, 3.63) is 59.6 Å². The molecule has 4 nitrogen and oxygen atoms in total. The summed E-state index contributed by atoms with van der Waals surface area (Å²) < 4.78 is 11.0. The predicted molar refractivity (Wildman–Crippen MR) is 86.5 cm³/mol. The van der Waals surface area contributed by atoms with E-state index in [0.717, 1.165) is 0 Å². The molecule has 1 amide bonds. The Morgan fingerprint density at radius 1 is 1.09 bits per heavy atom. The molecule has 5 heteroatoms. The number of benzene rings is 2. The summed E-state index contributed by atoms with van der Waals surface area (Å²) in [5.74, 6) is 1.21. The Kier molecular flexibility index (Phi) is 6.10. The van der Waals surface area contributed by atoms with Gasteiger partial charge in [-0.1, -0.05) is 29.8 Å². The topological polar surface area (TPSA) is 47.6 Å². The predicted octanol–water partition coefficient (Wildman–Crippen LogP) is 3.30. The normalized spacial score (nSPS) is 11.5. The third kappa shape index (κ3) is 5.30. The third-order valence-electron chi connectivity index (χ3n) is 2.91. The fourth-order valence-electron chi connectivity index (χ4n) is 1.77. The maximum absolute atomic E-state index is 11.9. The lowest BCUT2D eigenvalue weighted by molar-refractivity contribution is -0.127. The molecule has 0 aliphatic carbocycles. The van der Waals surface area contributed by atoms with Crippen LogP contribution in [0.4, 0.5) is 0 Å². The highest BCUT2D eigenvalue weighted by Crippen LogP contribution is 2.15. The number of para-hydroxylation sites is 1. The highest BCUT2D eigenvalue weighted by molar-refractivity contribution is 6.30. The first kappa shape index (κ1) is 16.2. The van der Waals surface area contributed by atoms with Gasteiger partial charge in [0.1, 0.15) is 18.1 Å². The van der Waals surface area contributed by atoms with Gasteiger partial charge in [0, 0.05) is 5.02 Å². The second-order valence-electron chi connectivity index (χ2n) is 4.67. The minimum Gasteiger partial charge on any atom is -0.492 e. The highest BCUT2D eigenvalue weighted by atomic mass is 35.5. The fourth-order valence-corrected chi connectivity index (χ4v) is 1.90. The standard InChI is InChI=1S/C17H18ClNO3/c1-13(22-16-5-3-2-4-6-16)17(20)19-11-12-21-15-9-7-14(18)8-10-15/h2-10,13H,11-12H2,1H3,(H,19,20)/t13-/m0/s1. The molecular formula is C17H18ClNO3. The van der Waals surface area contributed by atoms with Crippen LogP contribution >= 0.6 is 11.6 Å². The molecule has 0 spiro atoms. The van der Waals surface area contributed by atoms with Gasteiger partial charge in [-0.05, 0) is 43.3 Å². The van der Waals surface area contributed by atoms with Crippen molar-refractivity contribution in [3.63, 3.8) is 0 Å². The number of halogens is 1. The number of carbonyl (C=O) groups excluding carboxylic acids is 1. The Morgan fingerprint density at radius 2 is 1.77 bits per heavy atom. The third-order valence-corrected chi connectivity index (χ3v) is 3.16. The second kappa shape index (κ2) is 8.29. The first-order valence-electron chi connectivity index (χ1n) is 7.03. The van der Waals surface area contributed by atoms with E-state index in [9.17, 15) is 4.79 Å². The number of rotatable bonds is 7. The molecule has 0 aliphatic heterocycles. The molecule has 2 aromatic carbocycles. The number of ether oxygens (including phenoxy) is 2. The van der Waals surface area contributed by atoms with Crippen LogP contribution in [0, 0.1) is 0 Å². The zero-order valence-electron chi connectivity index (χ0n) is 12.3. The van der Waals surface area contributed by atoms with E-state index in [0.29, 0.717) is 29.7 Å². The van der Waals surface area contributed by atoms with Crippen LogP contribution in [0.5, 0.6) is 11.5 Å². The summed E-state index contributed by atoms with van der Waals surface area (Å²) >= 11 is 5.79. The van der Waals surface area contributed by atoms with E-state index in [4.69, 9.17) is 21.1 Å². The highest BCUT2D eigenvalue weighted by Gasteiger charge is 2.13. The first-order chi connectivity index (χ1) is 10.6. The molecule has 0 saturated heterocycles. The van der Waals surface area contributed by atoms with Gasteiger partial charge >= 0.3 is 0 Å². The second-order valence-corrected chi connectivity index (χ2v) is 5.10. The molecule has 2 aromatic rings. The lowest BCUT2D eigenvalue weighted by Gasteiger charge is -2.14. The van der Waals surface area contributed by atoms with Gasteiger partial charge < -0.3 is 14.8 Å². The van der Waals surface area contributed by atoms with Gasteiger partial charge in [-0.15, -0.1) is 0 Å². The molecule has 116 valence electrons. The first-order valence-corrected chi connectivity index (χ1v) is 7.41. The zero-order chi connectivity index (χ0) is 15.8. The average molecular weight is 320 g/mol. The summed E-state index contributed by atoms with van der Waals surface area (Å²) in [6.45, 7) is 2.50. The summed E-state index contributed by atoms with van der Waals surface area (Å²) in [7, 11) is 0. The van der Waals surface area contributed by atoms with Crippen LogP contribution in [-0.2, 0) is 4.79 Å². The van der Waals surface area contributed by atoms with Crippen LogP contribution in [0.3, 0.4) is 0 Å². The lowest BCUT2D eigenvalue weighted by atomic mass is 10.3. The fraction of sp³-hybridized carbons (Fsp3) is 0.235. The summed E-state index contributed by atoms with van der Waals surface area (Å²) in [6.07, 6.45) is -0.557. The van der Waals surface area contributed by atoms with E-state index >= 15 is 0 Å². The molecule has 1 N–H and O–H groups in total. The summed E-state index contributed by atoms with van der Waals surface area (Å²) in [5.41, 5.74) is 0. The summed E-state index contributed by atoms with van der Waals surface area (Å²) in [5, 5.41) is 3.43. The Balaban J connectivity index is 1.67. The SMILES string of the molecule is C[C@H](Oc1ccccc1)C(=O)NCCOc1ccc(Cl)cc1. The van der Waals surface area contributed by atoms with Gasteiger partial charge in [-0.25, -0.2) is 0 Å². The molecule has 0 heterocycles. The Bertz CT molecular complexity index is 587. The average Bonchev–Trinajstić information content (AvgIpc) is 2.54. The summed E-state index contributed by atoms with van der Waals surface area (Å²) in [6, 6.07) is 16.3. The molecule has 0 fully saturated rings. The Morgan fingerprint density at radius 3 is 2.45 bits per heavy atom. The van der Waals surface area contributed by atoms with Gasteiger partial charge in [-0.2, -0.15) is 0 Å². The van der Waals surface area contributed by atoms with Crippen molar-refractivity contribution < 1.29 is 14.3 Å². The van der Waals surface area contributed by atoms with Crippen LogP contribution in [0.15, 0.2) is 54.6 Å². The van der Waals surface area contributed by atoms with E-state index in [1.54, 1.807) is 31.2 Å². The van der Waals surface area contributed by atoms with Gasteiger partial charge in [0.15, 0.2) is 6.10 Å². The molecule has 1 atom stereocenters. The van der Waals surface area contributed by atoms with Crippen LogP contribution in [0.25, 0.3) is 0 Å². The number of hydrogen-bond acceptors (Lipinski definition) is 3. The van der Waals surface area contributed by atoms with E-state index < -0.39 is 6.10 Å². The molecule has 0 radical (unpaired) electrons. The van der Waals surface area contributed by atoms with Gasteiger partial charge in [-0.3, -0.25) is 4.79 Å². The Hall–Kier alpha value is -2.20. The molecule has 0 unspecified atom stereocenters. The van der Waals surface area contributed by atoms with Crippen LogP contribution < -0.4 is 14.8 Å². The number of nitrogens with one attached hydrogen (secondary N) is 1. The number of amides is 1. The van der Waals surface area contributed by atoms with E-state index in [-0.39, 0.29) is 5.91 Å². The van der Waals surface area contributed by atoms with Crippen molar-refractivity contribution in [1.29, 1.82) is 0 Å². The smallest absolute Gasteiger partial charge is 0.260 e. The molecule has 2 rings (SSSR count). The van der Waals surface area contributed by atoms with Crippen molar-refractivity contribution in [2.24, 2.45) is 0 Å². The zero-order valence-corrected chi connectivity index (χ0v) is 13.0. The van der Waals surface area contributed by atoms with Crippen molar-refractivity contribution in [2.45, 2.75) is 13.0 Å². The maximum atomic E-state index is 11.9. The molecule has 0 aromatic heterocycles. The lowest BCUT2D eigenvalue weighted by Crippen LogP contribution is -2.38. The van der Waals surface area contributed by atoms with Crippen molar-refractivity contribution in [3.8, 4) is 11.5 Å². The van der Waals surface area contributed by atoms with Crippen molar-refractivity contribution in [1.82, 2.24) is 5.32 Å². The minimum atomic E-state index is -0.557. The minimum absolute atomic E-state index is 0.177. The summed E-state index contributed by atoms with van der Waals surface area (Å²) in [4.78, 5) is 11.9. The van der Waals surface area contributed by atoms with Crippen LogP contribution in [-0.4, -0.2) is 25.2 Å². The monoisotopic (exact) mass is 319 g/mol. The molecular weight excluding hydrogens is 302 g/mol. The number of hydrogen-bond donors (Lipinski definition) is 1. The maximum Gasteiger partial charge on any atom is 0.260 e. The van der Waals surface area contributed by atoms with Crippen molar-refractivity contribution >= 4 is 17.5 Å². The van der Waals surface area contributed by atoms with Crippen LogP contribution in [0.1, 0.15) is 6.92 Å². The molecule has 0 aliphatic rings. The quantitative estimate of drug-likeness (QED) is 0.797. The molecule has 22 heavy (non-hydrogen) atoms. The number of carbonyl (C=O) groups is 1.